The van der Waals surface area contributed by atoms with Crippen LogP contribution < -0.4 is 16.4 Å². The van der Waals surface area contributed by atoms with Crippen molar-refractivity contribution in [3.05, 3.63) is 29.6 Å². The number of alkyl halides is 3. The number of urea groups is 1. The number of carbonyl (C=O) groups is 1. The summed E-state index contributed by atoms with van der Waals surface area (Å²) in [4.78, 5) is 10.4. The highest BCUT2D eigenvalue weighted by molar-refractivity contribution is 6.01. The zero-order valence-corrected chi connectivity index (χ0v) is 8.73. The molecule has 0 aliphatic rings. The largest absolute Gasteiger partial charge is 0.418 e. The molecule has 1 aromatic rings. The van der Waals surface area contributed by atoms with E-state index in [4.69, 9.17) is 5.41 Å². The van der Waals surface area contributed by atoms with Crippen LogP contribution in [0.4, 0.5) is 28.0 Å². The van der Waals surface area contributed by atoms with E-state index in [9.17, 15) is 22.4 Å². The van der Waals surface area contributed by atoms with Gasteiger partial charge in [0, 0.05) is 0 Å². The Labute approximate surface area is 98.5 Å². The molecule has 2 amide bonds. The molecule has 0 aliphatic heterocycles. The molecule has 0 saturated heterocycles. The Hall–Kier alpha value is -2.32. The number of primary amides is 1. The highest BCUT2D eigenvalue weighted by Crippen LogP contribution is 2.35. The van der Waals surface area contributed by atoms with Gasteiger partial charge in [0.05, 0.1) is 11.3 Å². The quantitative estimate of drug-likeness (QED) is 0.354. The number of anilines is 1. The Bertz CT molecular complexity index is 486. The molecular weight excluding hydrogens is 256 g/mol. The zero-order valence-electron chi connectivity index (χ0n) is 8.73. The molecule has 5 N–H and O–H groups in total. The molecule has 0 heterocycles. The summed E-state index contributed by atoms with van der Waals surface area (Å²) in [6.45, 7) is 0. The second-order valence-corrected chi connectivity index (χ2v) is 3.15. The van der Waals surface area contributed by atoms with Crippen molar-refractivity contribution in [2.45, 2.75) is 6.18 Å². The minimum atomic E-state index is -4.79. The molecule has 0 aromatic heterocycles. The molecule has 0 fully saturated rings. The maximum absolute atomic E-state index is 13.3. The summed E-state index contributed by atoms with van der Waals surface area (Å²) < 4.78 is 50.9. The minimum absolute atomic E-state index is 0.642. The molecule has 9 heteroatoms. The Morgan fingerprint density at radius 3 is 2.44 bits per heavy atom. The number of nitrogens with one attached hydrogen (secondary N) is 3. The van der Waals surface area contributed by atoms with Crippen LogP contribution in [0.1, 0.15) is 5.56 Å². The zero-order chi connectivity index (χ0) is 13.9. The van der Waals surface area contributed by atoms with Crippen LogP contribution in [0.15, 0.2) is 18.2 Å². The molecule has 98 valence electrons. The minimum Gasteiger partial charge on any atom is -0.351 e. The number of carbonyl (C=O) groups excluding carboxylic acids is 1. The fourth-order valence-electron chi connectivity index (χ4n) is 1.17. The van der Waals surface area contributed by atoms with Crippen LogP contribution in [-0.4, -0.2) is 12.0 Å². The molecule has 0 radical (unpaired) electrons. The second kappa shape index (κ2) is 4.90. The van der Waals surface area contributed by atoms with Crippen molar-refractivity contribution in [2.24, 2.45) is 5.73 Å². The van der Waals surface area contributed by atoms with Gasteiger partial charge >= 0.3 is 12.2 Å². The molecule has 0 saturated carbocycles. The smallest absolute Gasteiger partial charge is 0.351 e. The van der Waals surface area contributed by atoms with E-state index in [0.717, 1.165) is 12.1 Å². The highest BCUT2D eigenvalue weighted by atomic mass is 19.4. The predicted octanol–water partition coefficient (Wildman–Crippen LogP) is 1.86. The number of rotatable bonds is 1. The Kier molecular flexibility index (Phi) is 3.74. The lowest BCUT2D eigenvalue weighted by atomic mass is 10.1. The highest BCUT2D eigenvalue weighted by Gasteiger charge is 2.35. The van der Waals surface area contributed by atoms with Crippen LogP contribution in [0, 0.1) is 11.2 Å². The Morgan fingerprint density at radius 1 is 1.33 bits per heavy atom. The van der Waals surface area contributed by atoms with Crippen molar-refractivity contribution in [3.63, 3.8) is 0 Å². The van der Waals surface area contributed by atoms with Gasteiger partial charge in [-0.05, 0) is 12.1 Å². The number of halogens is 4. The first-order valence-electron chi connectivity index (χ1n) is 4.49. The average molecular weight is 264 g/mol. The normalized spacial score (nSPS) is 10.9. The van der Waals surface area contributed by atoms with Crippen LogP contribution in [0.3, 0.4) is 0 Å². The molecule has 18 heavy (non-hydrogen) atoms. The number of para-hydroxylation sites is 1. The van der Waals surface area contributed by atoms with Gasteiger partial charge in [-0.2, -0.15) is 13.2 Å². The van der Waals surface area contributed by atoms with E-state index < -0.39 is 35.2 Å². The van der Waals surface area contributed by atoms with Gasteiger partial charge in [-0.15, -0.1) is 0 Å². The van der Waals surface area contributed by atoms with Gasteiger partial charge < -0.3 is 11.1 Å². The first kappa shape index (κ1) is 13.7. The van der Waals surface area contributed by atoms with E-state index in [-0.39, 0.29) is 0 Å². The van der Waals surface area contributed by atoms with E-state index in [1.54, 1.807) is 10.6 Å². The van der Waals surface area contributed by atoms with Gasteiger partial charge in [0.25, 0.3) is 0 Å². The van der Waals surface area contributed by atoms with Crippen molar-refractivity contribution in [2.75, 3.05) is 5.32 Å². The SMILES string of the molecule is N=C(NC(N)=O)Nc1c(F)cccc1C(F)(F)F. The third kappa shape index (κ3) is 3.34. The van der Waals surface area contributed by atoms with Crippen molar-refractivity contribution in [1.82, 2.24) is 5.32 Å². The number of amides is 2. The van der Waals surface area contributed by atoms with Crippen molar-refractivity contribution < 1.29 is 22.4 Å². The maximum atomic E-state index is 13.3. The third-order valence-corrected chi connectivity index (χ3v) is 1.82. The van der Waals surface area contributed by atoms with E-state index in [2.05, 4.69) is 5.73 Å². The number of benzene rings is 1. The molecule has 0 aliphatic carbocycles. The van der Waals surface area contributed by atoms with Gasteiger partial charge in [-0.25, -0.2) is 9.18 Å². The first-order valence-corrected chi connectivity index (χ1v) is 4.49. The summed E-state index contributed by atoms with van der Waals surface area (Å²) in [5, 5.41) is 10.6. The fraction of sp³-hybridized carbons (Fsp3) is 0.111. The third-order valence-electron chi connectivity index (χ3n) is 1.82. The molecule has 0 spiro atoms. The van der Waals surface area contributed by atoms with E-state index in [1.807, 2.05) is 0 Å². The molecule has 0 bridgehead atoms. The topological polar surface area (TPSA) is 91.0 Å². The number of hydrogen-bond acceptors (Lipinski definition) is 2. The Balaban J connectivity index is 3.08. The first-order chi connectivity index (χ1) is 8.21. The van der Waals surface area contributed by atoms with E-state index in [1.165, 1.54) is 0 Å². The maximum Gasteiger partial charge on any atom is 0.418 e. The molecule has 5 nitrogen and oxygen atoms in total. The van der Waals surface area contributed by atoms with Crippen LogP contribution in [0.25, 0.3) is 0 Å². The predicted molar refractivity (Wildman–Crippen MR) is 55.5 cm³/mol. The van der Waals surface area contributed by atoms with Gasteiger partial charge in [0.1, 0.15) is 5.82 Å². The van der Waals surface area contributed by atoms with E-state index >= 15 is 0 Å². The second-order valence-electron chi connectivity index (χ2n) is 3.15. The molecule has 0 unspecified atom stereocenters. The van der Waals surface area contributed by atoms with Crippen LogP contribution in [0.2, 0.25) is 0 Å². The van der Waals surface area contributed by atoms with Crippen molar-refractivity contribution >= 4 is 17.7 Å². The lowest BCUT2D eigenvalue weighted by molar-refractivity contribution is -0.137. The summed E-state index contributed by atoms with van der Waals surface area (Å²) in [6.07, 6.45) is -4.79. The Morgan fingerprint density at radius 2 is 1.94 bits per heavy atom. The molecular formula is C9H8F4N4O. The lowest BCUT2D eigenvalue weighted by Crippen LogP contribution is -2.39. The van der Waals surface area contributed by atoms with Gasteiger partial charge in [0.2, 0.25) is 5.96 Å². The summed E-state index contributed by atoms with van der Waals surface area (Å²) in [6, 6.07) is 1.16. The summed E-state index contributed by atoms with van der Waals surface area (Å²) in [5.74, 6) is -2.07. The monoisotopic (exact) mass is 264 g/mol. The fourth-order valence-corrected chi connectivity index (χ4v) is 1.17. The standard InChI is InChI=1S/C9H8F4N4O/c10-5-3-1-2-4(9(11,12)13)6(5)16-7(14)17-8(15)18/h1-3H,(H5,14,15,16,17,18). The lowest BCUT2D eigenvalue weighted by Gasteiger charge is -2.15. The van der Waals surface area contributed by atoms with Crippen molar-refractivity contribution in [3.8, 4) is 0 Å². The van der Waals surface area contributed by atoms with Gasteiger partial charge in [0.15, 0.2) is 0 Å². The summed E-state index contributed by atoms with van der Waals surface area (Å²) in [7, 11) is 0. The summed E-state index contributed by atoms with van der Waals surface area (Å²) >= 11 is 0. The molecule has 1 rings (SSSR count). The molecule has 0 atom stereocenters. The summed E-state index contributed by atoms with van der Waals surface area (Å²) in [5.41, 5.74) is 2.41. The number of nitrogens with two attached hydrogens (primary N) is 1. The number of guanidine groups is 1. The van der Waals surface area contributed by atoms with Crippen LogP contribution >= 0.6 is 0 Å². The van der Waals surface area contributed by atoms with Crippen molar-refractivity contribution in [1.29, 1.82) is 5.41 Å². The van der Waals surface area contributed by atoms with E-state index in [0.29, 0.717) is 6.07 Å². The average Bonchev–Trinajstić information content (AvgIpc) is 2.18. The van der Waals surface area contributed by atoms with Crippen LogP contribution in [0.5, 0.6) is 0 Å². The van der Waals surface area contributed by atoms with Gasteiger partial charge in [-0.3, -0.25) is 10.7 Å². The molecule has 1 aromatic carbocycles. The van der Waals surface area contributed by atoms with Gasteiger partial charge in [-0.1, -0.05) is 6.07 Å². The van der Waals surface area contributed by atoms with Crippen LogP contribution in [-0.2, 0) is 6.18 Å². The number of hydrogen-bond donors (Lipinski definition) is 4.